The van der Waals surface area contributed by atoms with Crippen molar-refractivity contribution in [3.8, 4) is 0 Å². The minimum atomic E-state index is -4.52. The summed E-state index contributed by atoms with van der Waals surface area (Å²) in [7, 11) is 0. The molecule has 214 valence electrons. The molecule has 1 aliphatic carbocycles. The third-order valence-corrected chi connectivity index (χ3v) is 8.03. The number of aromatic carboxylic acids is 1. The third-order valence-electron chi connectivity index (χ3n) is 8.03. The van der Waals surface area contributed by atoms with E-state index in [4.69, 9.17) is 0 Å². The Morgan fingerprint density at radius 3 is 2.49 bits per heavy atom. The molecule has 0 amide bonds. The van der Waals surface area contributed by atoms with Crippen LogP contribution in [0.1, 0.15) is 75.0 Å². The van der Waals surface area contributed by atoms with Gasteiger partial charge in [0.15, 0.2) is 0 Å². The molecular formula is C34H33F4NO2. The molecule has 1 saturated heterocycles. The molecule has 0 radical (unpaired) electrons. The smallest absolute Gasteiger partial charge is 0.417 e. The highest BCUT2D eigenvalue weighted by atomic mass is 19.4. The summed E-state index contributed by atoms with van der Waals surface area (Å²) in [4.78, 5) is 13.9. The number of hydrogen-bond donors (Lipinski definition) is 1. The lowest BCUT2D eigenvalue weighted by Gasteiger charge is -2.21. The first-order valence-corrected chi connectivity index (χ1v) is 14.0. The van der Waals surface area contributed by atoms with Crippen molar-refractivity contribution in [3.05, 3.63) is 111 Å². The van der Waals surface area contributed by atoms with E-state index in [1.165, 1.54) is 24.6 Å². The number of halogens is 4. The first kappa shape index (κ1) is 28.8. The Morgan fingerprint density at radius 1 is 1.00 bits per heavy atom. The van der Waals surface area contributed by atoms with Crippen LogP contribution in [0.2, 0.25) is 0 Å². The second kappa shape index (κ2) is 12.0. The fourth-order valence-electron chi connectivity index (χ4n) is 6.14. The van der Waals surface area contributed by atoms with Crippen LogP contribution in [-0.4, -0.2) is 42.3 Å². The summed E-state index contributed by atoms with van der Waals surface area (Å²) in [5.41, 5.74) is 5.86. The molecule has 0 aromatic heterocycles. The number of allylic oxidation sites excluding steroid dienone is 1. The fourth-order valence-corrected chi connectivity index (χ4v) is 6.14. The van der Waals surface area contributed by atoms with E-state index in [1.54, 1.807) is 24.3 Å². The van der Waals surface area contributed by atoms with Crippen molar-refractivity contribution < 1.29 is 27.5 Å². The van der Waals surface area contributed by atoms with E-state index in [2.05, 4.69) is 11.0 Å². The van der Waals surface area contributed by atoms with E-state index in [1.807, 2.05) is 24.3 Å². The van der Waals surface area contributed by atoms with Crippen molar-refractivity contribution >= 4 is 23.2 Å². The van der Waals surface area contributed by atoms with Crippen LogP contribution < -0.4 is 0 Å². The predicted octanol–water partition coefficient (Wildman–Crippen LogP) is 8.46. The van der Waals surface area contributed by atoms with Crippen molar-refractivity contribution in [2.24, 2.45) is 0 Å². The Labute approximate surface area is 237 Å². The van der Waals surface area contributed by atoms with Gasteiger partial charge in [-0.1, -0.05) is 60.2 Å². The molecule has 1 fully saturated rings. The van der Waals surface area contributed by atoms with E-state index < -0.39 is 17.7 Å². The van der Waals surface area contributed by atoms with E-state index >= 15 is 0 Å². The number of carbonyl (C=O) groups is 1. The van der Waals surface area contributed by atoms with Crippen LogP contribution in [0.25, 0.3) is 17.2 Å². The highest BCUT2D eigenvalue weighted by Crippen LogP contribution is 2.45. The van der Waals surface area contributed by atoms with Gasteiger partial charge >= 0.3 is 12.1 Å². The molecule has 0 spiro atoms. The molecule has 0 bridgehead atoms. The number of alkyl halides is 4. The monoisotopic (exact) mass is 563 g/mol. The number of benzene rings is 3. The number of nitrogens with zero attached hydrogens (tertiary/aromatic N) is 1. The summed E-state index contributed by atoms with van der Waals surface area (Å²) < 4.78 is 55.6. The number of carboxylic acids is 1. The SMILES string of the molecule is Cc1cccc(C2=C(c3ccc(C=C4CCN(CCCF)C4)cc3)c3ccc(C(=O)O)cc3CCC2)c1C(F)(F)F. The van der Waals surface area contributed by atoms with Gasteiger partial charge in [-0.15, -0.1) is 0 Å². The molecule has 0 saturated carbocycles. The molecule has 1 N–H and O–H groups in total. The maximum Gasteiger partial charge on any atom is 0.417 e. The predicted molar refractivity (Wildman–Crippen MR) is 155 cm³/mol. The average Bonchev–Trinajstić information content (AvgIpc) is 3.29. The maximum absolute atomic E-state index is 14.4. The van der Waals surface area contributed by atoms with Crippen LogP contribution in [0.5, 0.6) is 0 Å². The lowest BCUT2D eigenvalue weighted by atomic mass is 9.84. The molecule has 2 aliphatic rings. The maximum atomic E-state index is 14.4. The number of rotatable bonds is 7. The highest BCUT2D eigenvalue weighted by molar-refractivity contribution is 6.01. The Bertz CT molecular complexity index is 1500. The van der Waals surface area contributed by atoms with Crippen LogP contribution in [0.4, 0.5) is 17.6 Å². The summed E-state index contributed by atoms with van der Waals surface area (Å²) in [6, 6.07) is 17.5. The quantitative estimate of drug-likeness (QED) is 0.293. The second-order valence-corrected chi connectivity index (χ2v) is 10.9. The van der Waals surface area contributed by atoms with Crippen LogP contribution in [-0.2, 0) is 12.6 Å². The molecular weight excluding hydrogens is 530 g/mol. The van der Waals surface area contributed by atoms with Crippen molar-refractivity contribution in [2.75, 3.05) is 26.3 Å². The number of carboxylic acid groups (broad SMARTS) is 1. The molecule has 3 aromatic rings. The van der Waals surface area contributed by atoms with Crippen LogP contribution in [0, 0.1) is 6.92 Å². The summed E-state index contributed by atoms with van der Waals surface area (Å²) in [5.74, 6) is -1.03. The summed E-state index contributed by atoms with van der Waals surface area (Å²) >= 11 is 0. The van der Waals surface area contributed by atoms with Crippen molar-refractivity contribution in [1.82, 2.24) is 4.90 Å². The highest BCUT2D eigenvalue weighted by Gasteiger charge is 2.36. The zero-order valence-electron chi connectivity index (χ0n) is 23.0. The molecule has 41 heavy (non-hydrogen) atoms. The first-order chi connectivity index (χ1) is 19.7. The van der Waals surface area contributed by atoms with Gasteiger partial charge in [-0.3, -0.25) is 9.29 Å². The Hall–Kier alpha value is -3.71. The molecule has 1 heterocycles. The average molecular weight is 564 g/mol. The van der Waals surface area contributed by atoms with Gasteiger partial charge in [0.1, 0.15) is 0 Å². The van der Waals surface area contributed by atoms with Gasteiger partial charge in [-0.2, -0.15) is 13.2 Å². The first-order valence-electron chi connectivity index (χ1n) is 14.0. The number of likely N-dealkylation sites (tertiary alicyclic amines) is 1. The minimum absolute atomic E-state index is 0.164. The minimum Gasteiger partial charge on any atom is -0.478 e. The number of aryl methyl sites for hydroxylation is 2. The molecule has 3 aromatic carbocycles. The topological polar surface area (TPSA) is 40.5 Å². The number of hydrogen-bond acceptors (Lipinski definition) is 2. The van der Waals surface area contributed by atoms with Crippen LogP contribution in [0.3, 0.4) is 0 Å². The van der Waals surface area contributed by atoms with Gasteiger partial charge in [-0.05, 0) is 95.7 Å². The molecule has 3 nitrogen and oxygen atoms in total. The van der Waals surface area contributed by atoms with Gasteiger partial charge < -0.3 is 5.11 Å². The van der Waals surface area contributed by atoms with Gasteiger partial charge in [0, 0.05) is 19.6 Å². The Kier molecular flexibility index (Phi) is 8.45. The van der Waals surface area contributed by atoms with Crippen molar-refractivity contribution in [1.29, 1.82) is 0 Å². The summed E-state index contributed by atoms with van der Waals surface area (Å²) in [6.45, 7) is 3.63. The molecule has 0 atom stereocenters. The molecule has 1 aliphatic heterocycles. The van der Waals surface area contributed by atoms with E-state index in [0.29, 0.717) is 36.8 Å². The van der Waals surface area contributed by atoms with Gasteiger partial charge in [0.05, 0.1) is 17.8 Å². The standard InChI is InChI=1S/C34H33F4NO2/c1-22-5-2-8-30(32(22)34(36,37)38)29-7-3-6-26-20-27(33(40)41)13-14-28(26)31(29)25-11-9-23(10-12-25)19-24-15-18-39(21-24)17-4-16-35/h2,5,8-14,19-20H,3-4,6-7,15-18,21H2,1H3,(H,40,41). The zero-order valence-corrected chi connectivity index (χ0v) is 23.0. The second-order valence-electron chi connectivity index (χ2n) is 10.9. The van der Waals surface area contributed by atoms with Crippen LogP contribution >= 0.6 is 0 Å². The van der Waals surface area contributed by atoms with Gasteiger partial charge in [0.2, 0.25) is 0 Å². The lowest BCUT2D eigenvalue weighted by Crippen LogP contribution is -2.20. The lowest BCUT2D eigenvalue weighted by molar-refractivity contribution is -0.138. The zero-order chi connectivity index (χ0) is 29.1. The summed E-state index contributed by atoms with van der Waals surface area (Å²) in [6.07, 6.45) is 0.679. The fraction of sp³-hybridized carbons (Fsp3) is 0.324. The van der Waals surface area contributed by atoms with E-state index in [9.17, 15) is 27.5 Å². The third kappa shape index (κ3) is 6.30. The molecule has 0 unspecified atom stereocenters. The Morgan fingerprint density at radius 2 is 1.78 bits per heavy atom. The molecule has 7 heteroatoms. The molecule has 5 rings (SSSR count). The normalized spacial score (nSPS) is 17.1. The van der Waals surface area contributed by atoms with E-state index in [-0.39, 0.29) is 23.4 Å². The number of fused-ring (bicyclic) bond motifs is 1. The van der Waals surface area contributed by atoms with Crippen LogP contribution in [0.15, 0.2) is 66.2 Å². The van der Waals surface area contributed by atoms with Gasteiger partial charge in [0.25, 0.3) is 0 Å². The van der Waals surface area contributed by atoms with E-state index in [0.717, 1.165) is 48.3 Å². The van der Waals surface area contributed by atoms with Crippen molar-refractivity contribution in [2.45, 2.75) is 45.2 Å². The summed E-state index contributed by atoms with van der Waals surface area (Å²) in [5, 5.41) is 9.57. The largest absolute Gasteiger partial charge is 0.478 e. The Balaban J connectivity index is 1.62. The van der Waals surface area contributed by atoms with Crippen molar-refractivity contribution in [3.63, 3.8) is 0 Å². The van der Waals surface area contributed by atoms with Gasteiger partial charge in [-0.25, -0.2) is 4.79 Å².